The molecule has 0 spiro atoms. The van der Waals surface area contributed by atoms with Crippen molar-refractivity contribution in [3.05, 3.63) is 51.2 Å². The first-order valence-corrected chi connectivity index (χ1v) is 6.52. The van der Waals surface area contributed by atoms with Crippen molar-refractivity contribution in [2.45, 2.75) is 0 Å². The minimum absolute atomic E-state index is 0.277. The highest BCUT2D eigenvalue weighted by Gasteiger charge is 2.13. The lowest BCUT2D eigenvalue weighted by atomic mass is 10.2. The number of hydrazone groups is 1. The van der Waals surface area contributed by atoms with Crippen molar-refractivity contribution < 1.29 is 4.79 Å². The molecule has 0 aliphatic carbocycles. The summed E-state index contributed by atoms with van der Waals surface area (Å²) in [6, 6.07) is 7.21. The monoisotopic (exact) mass is 340 g/mol. The van der Waals surface area contributed by atoms with Gasteiger partial charge in [-0.3, -0.25) is 9.48 Å². The number of carbonyl (C=O) groups excluding carboxylic acids is 1. The second-order valence-corrected chi connectivity index (χ2v) is 4.98. The van der Waals surface area contributed by atoms with Crippen molar-refractivity contribution in [1.82, 2.24) is 15.2 Å². The molecule has 2 rings (SSSR count). The van der Waals surface area contributed by atoms with Gasteiger partial charge in [-0.1, -0.05) is 29.8 Å². The molecule has 5 nitrogen and oxygen atoms in total. The lowest BCUT2D eigenvalue weighted by molar-refractivity contribution is 0.0948. The van der Waals surface area contributed by atoms with Gasteiger partial charge < -0.3 is 0 Å². The van der Waals surface area contributed by atoms with Gasteiger partial charge in [0, 0.05) is 23.8 Å². The molecule has 0 aliphatic rings. The van der Waals surface area contributed by atoms with E-state index in [2.05, 4.69) is 31.6 Å². The SMILES string of the molecule is Cn1cc(Br)c(C(=O)NN=Cc2ccccc2Cl)n1. The molecule has 0 unspecified atom stereocenters. The van der Waals surface area contributed by atoms with Crippen LogP contribution in [0.4, 0.5) is 0 Å². The summed E-state index contributed by atoms with van der Waals surface area (Å²) < 4.78 is 2.15. The molecule has 19 heavy (non-hydrogen) atoms. The maximum Gasteiger partial charge on any atom is 0.293 e. The van der Waals surface area contributed by atoms with Gasteiger partial charge >= 0.3 is 0 Å². The van der Waals surface area contributed by atoms with Crippen LogP contribution < -0.4 is 5.43 Å². The molecule has 0 saturated heterocycles. The number of nitrogens with zero attached hydrogens (tertiary/aromatic N) is 3. The van der Waals surface area contributed by atoms with Crippen molar-refractivity contribution in [3.8, 4) is 0 Å². The van der Waals surface area contributed by atoms with Gasteiger partial charge in [-0.2, -0.15) is 10.2 Å². The number of hydrogen-bond donors (Lipinski definition) is 1. The molecular formula is C12H10BrClN4O. The second-order valence-electron chi connectivity index (χ2n) is 3.72. The zero-order valence-corrected chi connectivity index (χ0v) is 12.3. The Kier molecular flexibility index (Phi) is 4.34. The third-order valence-corrected chi connectivity index (χ3v) is 3.20. The number of aromatic nitrogens is 2. The van der Waals surface area contributed by atoms with E-state index in [0.717, 1.165) is 5.56 Å². The minimum atomic E-state index is -0.393. The number of carbonyl (C=O) groups is 1. The number of halogens is 2. The van der Waals surface area contributed by atoms with Crippen LogP contribution in [0.5, 0.6) is 0 Å². The third kappa shape index (κ3) is 3.42. The van der Waals surface area contributed by atoms with E-state index < -0.39 is 5.91 Å². The van der Waals surface area contributed by atoms with Crippen LogP contribution >= 0.6 is 27.5 Å². The molecule has 1 heterocycles. The van der Waals surface area contributed by atoms with Crippen LogP contribution in [0, 0.1) is 0 Å². The van der Waals surface area contributed by atoms with Gasteiger partial charge in [0.15, 0.2) is 5.69 Å². The van der Waals surface area contributed by atoms with Gasteiger partial charge in [0.25, 0.3) is 5.91 Å². The molecule has 1 aromatic carbocycles. The zero-order valence-electron chi connectivity index (χ0n) is 9.97. The number of nitrogens with one attached hydrogen (secondary N) is 1. The highest BCUT2D eigenvalue weighted by molar-refractivity contribution is 9.10. The molecule has 0 saturated carbocycles. The quantitative estimate of drug-likeness (QED) is 0.689. The molecule has 0 radical (unpaired) electrons. The molecule has 0 aliphatic heterocycles. The maximum atomic E-state index is 11.8. The predicted molar refractivity (Wildman–Crippen MR) is 77.4 cm³/mol. The summed E-state index contributed by atoms with van der Waals surface area (Å²) >= 11 is 9.21. The zero-order chi connectivity index (χ0) is 13.8. The lowest BCUT2D eigenvalue weighted by Crippen LogP contribution is -2.19. The first kappa shape index (κ1) is 13.8. The normalized spacial score (nSPS) is 10.9. The van der Waals surface area contributed by atoms with Gasteiger partial charge in [-0.15, -0.1) is 0 Å². The topological polar surface area (TPSA) is 59.3 Å². The molecule has 1 aromatic heterocycles. The van der Waals surface area contributed by atoms with Crippen LogP contribution in [0.15, 0.2) is 40.0 Å². The van der Waals surface area contributed by atoms with Gasteiger partial charge in [0.1, 0.15) is 0 Å². The maximum absolute atomic E-state index is 11.8. The highest BCUT2D eigenvalue weighted by Crippen LogP contribution is 2.14. The number of benzene rings is 1. The fourth-order valence-corrected chi connectivity index (χ4v) is 2.15. The molecule has 2 aromatic rings. The van der Waals surface area contributed by atoms with Crippen molar-refractivity contribution in [1.29, 1.82) is 0 Å². The number of hydrogen-bond acceptors (Lipinski definition) is 3. The molecule has 0 fully saturated rings. The van der Waals surface area contributed by atoms with Crippen LogP contribution in [0.3, 0.4) is 0 Å². The van der Waals surface area contributed by atoms with Crippen LogP contribution in [-0.2, 0) is 7.05 Å². The summed E-state index contributed by atoms with van der Waals surface area (Å²) in [6.45, 7) is 0. The molecule has 0 bridgehead atoms. The van der Waals surface area contributed by atoms with Crippen molar-refractivity contribution in [3.63, 3.8) is 0 Å². The number of aryl methyl sites for hydroxylation is 1. The summed E-state index contributed by atoms with van der Waals surface area (Å²) in [7, 11) is 1.73. The Labute approximate surface area is 123 Å². The van der Waals surface area contributed by atoms with E-state index >= 15 is 0 Å². The Morgan fingerprint density at radius 2 is 2.26 bits per heavy atom. The summed E-state index contributed by atoms with van der Waals surface area (Å²) in [5.41, 5.74) is 3.40. The van der Waals surface area contributed by atoms with E-state index in [1.54, 1.807) is 25.4 Å². The third-order valence-electron chi connectivity index (χ3n) is 2.27. The fourth-order valence-electron chi connectivity index (χ4n) is 1.41. The fraction of sp³-hybridized carbons (Fsp3) is 0.0833. The smallest absolute Gasteiger partial charge is 0.274 e. The number of amides is 1. The minimum Gasteiger partial charge on any atom is -0.274 e. The Balaban J connectivity index is 2.05. The van der Waals surface area contributed by atoms with Crippen LogP contribution in [0.1, 0.15) is 16.1 Å². The van der Waals surface area contributed by atoms with Gasteiger partial charge in [0.05, 0.1) is 10.7 Å². The largest absolute Gasteiger partial charge is 0.293 e. The van der Waals surface area contributed by atoms with E-state index in [4.69, 9.17) is 11.6 Å². The summed E-state index contributed by atoms with van der Waals surface area (Å²) in [6.07, 6.45) is 3.17. The molecule has 0 atom stereocenters. The summed E-state index contributed by atoms with van der Waals surface area (Å²) in [4.78, 5) is 11.8. The van der Waals surface area contributed by atoms with E-state index in [1.807, 2.05) is 12.1 Å². The highest BCUT2D eigenvalue weighted by atomic mass is 79.9. The molecule has 7 heteroatoms. The van der Waals surface area contributed by atoms with Crippen molar-refractivity contribution in [2.75, 3.05) is 0 Å². The Hall–Kier alpha value is -1.66. The van der Waals surface area contributed by atoms with E-state index in [1.165, 1.54) is 10.9 Å². The Morgan fingerprint density at radius 3 is 2.89 bits per heavy atom. The molecule has 1 amide bonds. The van der Waals surface area contributed by atoms with Crippen molar-refractivity contribution >= 4 is 39.7 Å². The first-order chi connectivity index (χ1) is 9.08. The molecular weight excluding hydrogens is 332 g/mol. The van der Waals surface area contributed by atoms with E-state index in [9.17, 15) is 4.79 Å². The Morgan fingerprint density at radius 1 is 1.53 bits per heavy atom. The molecule has 98 valence electrons. The predicted octanol–water partition coefficient (Wildman–Crippen LogP) is 2.60. The first-order valence-electron chi connectivity index (χ1n) is 5.35. The van der Waals surface area contributed by atoms with Gasteiger partial charge in [0.2, 0.25) is 0 Å². The van der Waals surface area contributed by atoms with E-state index in [-0.39, 0.29) is 5.69 Å². The van der Waals surface area contributed by atoms with Gasteiger partial charge in [-0.05, 0) is 22.0 Å². The van der Waals surface area contributed by atoms with Gasteiger partial charge in [-0.25, -0.2) is 5.43 Å². The average Bonchev–Trinajstić information content (AvgIpc) is 2.71. The van der Waals surface area contributed by atoms with Crippen LogP contribution in [0.25, 0.3) is 0 Å². The summed E-state index contributed by atoms with van der Waals surface area (Å²) in [5.74, 6) is -0.393. The number of rotatable bonds is 3. The van der Waals surface area contributed by atoms with Crippen molar-refractivity contribution in [2.24, 2.45) is 12.1 Å². The van der Waals surface area contributed by atoms with Crippen LogP contribution in [0.2, 0.25) is 5.02 Å². The average molecular weight is 342 g/mol. The summed E-state index contributed by atoms with van der Waals surface area (Å²) in [5, 5.41) is 8.43. The second kappa shape index (κ2) is 5.99. The standard InChI is InChI=1S/C12H10BrClN4O/c1-18-7-9(13)11(17-18)12(19)16-15-6-8-4-2-3-5-10(8)14/h2-7H,1H3,(H,16,19). The lowest BCUT2D eigenvalue weighted by Gasteiger charge is -1.98. The molecule has 1 N–H and O–H groups in total. The van der Waals surface area contributed by atoms with E-state index in [0.29, 0.717) is 9.50 Å². The Bertz CT molecular complexity index is 638. The van der Waals surface area contributed by atoms with Crippen LogP contribution in [-0.4, -0.2) is 21.9 Å².